The third kappa shape index (κ3) is 3.47. The van der Waals surface area contributed by atoms with Gasteiger partial charge in [-0.25, -0.2) is 9.37 Å². The van der Waals surface area contributed by atoms with E-state index in [2.05, 4.69) is 36.4 Å². The summed E-state index contributed by atoms with van der Waals surface area (Å²) in [6.07, 6.45) is 7.68. The summed E-state index contributed by atoms with van der Waals surface area (Å²) in [5, 5.41) is 11.6. The van der Waals surface area contributed by atoms with Gasteiger partial charge >= 0.3 is 0 Å². The van der Waals surface area contributed by atoms with Gasteiger partial charge in [0.2, 0.25) is 0 Å². The number of piperidine rings is 2. The minimum atomic E-state index is -0.520. The Bertz CT molecular complexity index is 1060. The third-order valence-electron chi connectivity index (χ3n) is 5.94. The second-order valence-corrected chi connectivity index (χ2v) is 8.69. The molecule has 2 aromatic heterocycles. The summed E-state index contributed by atoms with van der Waals surface area (Å²) in [5.74, 6) is 0.488. The van der Waals surface area contributed by atoms with E-state index in [1.807, 2.05) is 17.0 Å². The van der Waals surface area contributed by atoms with Gasteiger partial charge in [0.1, 0.15) is 11.5 Å². The zero-order chi connectivity index (χ0) is 20.7. The fourth-order valence-corrected chi connectivity index (χ4v) is 4.85. The van der Waals surface area contributed by atoms with Gasteiger partial charge < -0.3 is 10.2 Å². The van der Waals surface area contributed by atoms with E-state index in [9.17, 15) is 9.18 Å². The summed E-state index contributed by atoms with van der Waals surface area (Å²) in [5.41, 5.74) is 0.368. The number of pyridine rings is 1. The molecule has 6 rings (SSSR count). The van der Waals surface area contributed by atoms with E-state index in [-0.39, 0.29) is 29.2 Å². The van der Waals surface area contributed by atoms with Crippen LogP contribution in [0.4, 0.5) is 10.2 Å². The average Bonchev–Trinajstić information content (AvgIpc) is 3.29. The molecule has 1 N–H and O–H groups in total. The molecule has 0 radical (unpaired) electrons. The number of anilines is 1. The summed E-state index contributed by atoms with van der Waals surface area (Å²) in [4.78, 5) is 21.0. The molecular formula is C21H20BrFN6O. The van der Waals surface area contributed by atoms with Crippen molar-refractivity contribution in [1.29, 1.82) is 0 Å². The Hall–Kier alpha value is -2.81. The number of hydrogen-bond acceptors (Lipinski definition) is 5. The largest absolute Gasteiger partial charge is 0.365 e. The lowest BCUT2D eigenvalue weighted by atomic mass is 9.76. The highest BCUT2D eigenvalue weighted by Crippen LogP contribution is 2.38. The topological polar surface area (TPSA) is 75.9 Å². The number of nitrogens with zero attached hydrogens (tertiary/aromatic N) is 5. The lowest BCUT2D eigenvalue weighted by Crippen LogP contribution is -2.59. The van der Waals surface area contributed by atoms with E-state index >= 15 is 0 Å². The maximum absolute atomic E-state index is 14.6. The standard InChI is InChI=1S/C21H20BrFN6O/c22-14-5-7-19(24-11-14)27-17-10-13-4-6-18(17)28(12-13)21(30)15-2-1-3-16(23)20(15)29-25-8-9-26-29/h1-3,5,7-9,11,13,17-18H,4,6,10,12H2,(H,24,27)/t13-,17-,18+/m1/s1. The van der Waals surface area contributed by atoms with Crippen LogP contribution < -0.4 is 5.32 Å². The first kappa shape index (κ1) is 19.2. The van der Waals surface area contributed by atoms with E-state index in [4.69, 9.17) is 0 Å². The Morgan fingerprint density at radius 3 is 2.73 bits per heavy atom. The Labute approximate surface area is 181 Å². The highest BCUT2D eigenvalue weighted by atomic mass is 79.9. The molecule has 30 heavy (non-hydrogen) atoms. The molecule has 1 amide bonds. The van der Waals surface area contributed by atoms with Crippen molar-refractivity contribution in [3.8, 4) is 5.69 Å². The second-order valence-electron chi connectivity index (χ2n) is 7.77. The minimum absolute atomic E-state index is 0.0228. The van der Waals surface area contributed by atoms with Gasteiger partial charge in [0.25, 0.3) is 5.91 Å². The maximum Gasteiger partial charge on any atom is 0.256 e. The first-order valence-corrected chi connectivity index (χ1v) is 10.7. The fourth-order valence-electron chi connectivity index (χ4n) is 4.61. The van der Waals surface area contributed by atoms with E-state index < -0.39 is 5.82 Å². The Kier molecular flexibility index (Phi) is 4.98. The number of para-hydroxylation sites is 1. The molecule has 1 aromatic carbocycles. The Balaban J connectivity index is 1.44. The molecule has 3 fully saturated rings. The molecule has 3 aromatic rings. The van der Waals surface area contributed by atoms with Crippen LogP contribution in [-0.2, 0) is 0 Å². The van der Waals surface area contributed by atoms with Crippen molar-refractivity contribution in [3.63, 3.8) is 0 Å². The van der Waals surface area contributed by atoms with E-state index in [1.165, 1.54) is 23.3 Å². The number of aromatic nitrogens is 4. The number of nitrogens with one attached hydrogen (secondary N) is 1. The van der Waals surface area contributed by atoms with Gasteiger partial charge in [-0.1, -0.05) is 6.07 Å². The SMILES string of the molecule is O=C(c1cccc(F)c1-n1nccn1)N1C[C@@H]2CC[C@H]1[C@H](Nc1ccc(Br)cn1)C2. The number of halogens is 2. The van der Waals surface area contributed by atoms with Gasteiger partial charge in [-0.2, -0.15) is 10.2 Å². The van der Waals surface area contributed by atoms with Crippen LogP contribution in [0.15, 0.2) is 53.4 Å². The molecule has 3 aliphatic rings. The summed E-state index contributed by atoms with van der Waals surface area (Å²) >= 11 is 3.40. The normalized spacial score (nSPS) is 22.9. The second kappa shape index (κ2) is 7.79. The fraction of sp³-hybridized carbons (Fsp3) is 0.333. The Morgan fingerprint density at radius 2 is 2.00 bits per heavy atom. The van der Waals surface area contributed by atoms with Crippen LogP contribution >= 0.6 is 15.9 Å². The average molecular weight is 471 g/mol. The van der Waals surface area contributed by atoms with E-state index in [1.54, 1.807) is 18.3 Å². The summed E-state index contributed by atoms with van der Waals surface area (Å²) in [6, 6.07) is 8.51. The number of rotatable bonds is 4. The molecular weight excluding hydrogens is 451 g/mol. The Morgan fingerprint density at radius 1 is 1.17 bits per heavy atom. The molecule has 1 aliphatic carbocycles. The summed E-state index contributed by atoms with van der Waals surface area (Å²) in [6.45, 7) is 0.679. The summed E-state index contributed by atoms with van der Waals surface area (Å²) in [7, 11) is 0. The zero-order valence-corrected chi connectivity index (χ0v) is 17.7. The molecule has 4 heterocycles. The molecule has 2 aliphatic heterocycles. The first-order chi connectivity index (χ1) is 14.6. The lowest BCUT2D eigenvalue weighted by molar-refractivity contribution is 0.0281. The van der Waals surface area contributed by atoms with Crippen molar-refractivity contribution >= 4 is 27.7 Å². The highest BCUT2D eigenvalue weighted by molar-refractivity contribution is 9.10. The van der Waals surface area contributed by atoms with Gasteiger partial charge in [0.05, 0.1) is 24.0 Å². The number of amides is 1. The van der Waals surface area contributed by atoms with Gasteiger partial charge in [0.15, 0.2) is 5.82 Å². The number of carbonyl (C=O) groups is 1. The molecule has 2 saturated heterocycles. The van der Waals surface area contributed by atoms with Crippen molar-refractivity contribution in [3.05, 3.63) is 64.8 Å². The molecule has 9 heteroatoms. The molecule has 3 atom stereocenters. The molecule has 1 saturated carbocycles. The van der Waals surface area contributed by atoms with Crippen LogP contribution in [0.5, 0.6) is 0 Å². The molecule has 2 bridgehead atoms. The summed E-state index contributed by atoms with van der Waals surface area (Å²) < 4.78 is 15.5. The lowest BCUT2D eigenvalue weighted by Gasteiger charge is -2.50. The van der Waals surface area contributed by atoms with Crippen LogP contribution in [0, 0.1) is 11.7 Å². The maximum atomic E-state index is 14.6. The quantitative estimate of drug-likeness (QED) is 0.629. The van der Waals surface area contributed by atoms with Crippen LogP contribution in [-0.4, -0.2) is 49.4 Å². The molecule has 154 valence electrons. The predicted molar refractivity (Wildman–Crippen MR) is 113 cm³/mol. The predicted octanol–water partition coefficient (Wildman–Crippen LogP) is 3.67. The van der Waals surface area contributed by atoms with Crippen LogP contribution in [0.25, 0.3) is 5.69 Å². The smallest absolute Gasteiger partial charge is 0.256 e. The number of hydrogen-bond donors (Lipinski definition) is 1. The van der Waals surface area contributed by atoms with Crippen molar-refractivity contribution in [1.82, 2.24) is 24.9 Å². The first-order valence-electron chi connectivity index (χ1n) is 9.94. The van der Waals surface area contributed by atoms with Gasteiger partial charge in [-0.3, -0.25) is 4.79 Å². The van der Waals surface area contributed by atoms with Crippen molar-refractivity contribution in [2.24, 2.45) is 5.92 Å². The molecule has 0 spiro atoms. The molecule has 7 nitrogen and oxygen atoms in total. The van der Waals surface area contributed by atoms with Crippen LogP contribution in [0.3, 0.4) is 0 Å². The third-order valence-corrected chi connectivity index (χ3v) is 6.40. The number of carbonyl (C=O) groups excluding carboxylic acids is 1. The molecule has 0 unspecified atom stereocenters. The van der Waals surface area contributed by atoms with Crippen LogP contribution in [0.1, 0.15) is 29.6 Å². The number of fused-ring (bicyclic) bond motifs is 3. The van der Waals surface area contributed by atoms with Crippen molar-refractivity contribution in [2.75, 3.05) is 11.9 Å². The van der Waals surface area contributed by atoms with Gasteiger partial charge in [0, 0.05) is 23.3 Å². The van der Waals surface area contributed by atoms with Crippen molar-refractivity contribution < 1.29 is 9.18 Å². The zero-order valence-electron chi connectivity index (χ0n) is 16.1. The van der Waals surface area contributed by atoms with Crippen LogP contribution in [0.2, 0.25) is 0 Å². The minimum Gasteiger partial charge on any atom is -0.365 e. The highest BCUT2D eigenvalue weighted by Gasteiger charge is 2.43. The monoisotopic (exact) mass is 470 g/mol. The van der Waals surface area contributed by atoms with E-state index in [0.29, 0.717) is 12.5 Å². The van der Waals surface area contributed by atoms with Gasteiger partial charge in [-0.05, 0) is 65.4 Å². The van der Waals surface area contributed by atoms with E-state index in [0.717, 1.165) is 29.6 Å². The number of benzene rings is 1. The van der Waals surface area contributed by atoms with Crippen molar-refractivity contribution in [2.45, 2.75) is 31.3 Å². The van der Waals surface area contributed by atoms with Gasteiger partial charge in [-0.15, -0.1) is 4.80 Å².